The maximum Gasteiger partial charge on any atom is 0.237 e. The molecule has 1 aromatic heterocycles. The number of hydrogen-bond donors (Lipinski definition) is 2. The van der Waals surface area contributed by atoms with E-state index in [0.717, 1.165) is 11.3 Å². The van der Waals surface area contributed by atoms with Crippen molar-refractivity contribution in [2.45, 2.75) is 25.6 Å². The van der Waals surface area contributed by atoms with Crippen LogP contribution in [0.4, 0.5) is 0 Å². The van der Waals surface area contributed by atoms with Gasteiger partial charge in [-0.2, -0.15) is 0 Å². The van der Waals surface area contributed by atoms with Crippen LogP contribution in [0.1, 0.15) is 17.7 Å². The zero-order valence-corrected chi connectivity index (χ0v) is 14.6. The van der Waals surface area contributed by atoms with Gasteiger partial charge in [-0.15, -0.1) is 0 Å². The monoisotopic (exact) mass is 358 g/mol. The van der Waals surface area contributed by atoms with Crippen LogP contribution in [0.3, 0.4) is 0 Å². The first kappa shape index (κ1) is 17.9. The van der Waals surface area contributed by atoms with Crippen LogP contribution >= 0.6 is 0 Å². The SMILES string of the molecule is COc1cccc(CN2CCNC(=O)C2CC(=O)NCc2ccon2)c1. The van der Waals surface area contributed by atoms with Crippen LogP contribution in [0, 0.1) is 0 Å². The molecule has 1 unspecified atom stereocenters. The van der Waals surface area contributed by atoms with E-state index in [9.17, 15) is 9.59 Å². The number of benzene rings is 1. The number of aromatic nitrogens is 1. The quantitative estimate of drug-likeness (QED) is 0.756. The molecule has 8 nitrogen and oxygen atoms in total. The predicted molar refractivity (Wildman–Crippen MR) is 93.2 cm³/mol. The molecule has 0 spiro atoms. The minimum atomic E-state index is -0.507. The van der Waals surface area contributed by atoms with Gasteiger partial charge in [-0.05, 0) is 17.7 Å². The molecular formula is C18H22N4O4. The highest BCUT2D eigenvalue weighted by molar-refractivity contribution is 5.88. The summed E-state index contributed by atoms with van der Waals surface area (Å²) in [5, 5.41) is 9.35. The largest absolute Gasteiger partial charge is 0.497 e. The van der Waals surface area contributed by atoms with Crippen LogP contribution in [-0.2, 0) is 22.7 Å². The second-order valence-corrected chi connectivity index (χ2v) is 6.10. The van der Waals surface area contributed by atoms with Gasteiger partial charge in [0.1, 0.15) is 17.7 Å². The van der Waals surface area contributed by atoms with Gasteiger partial charge in [-0.1, -0.05) is 17.3 Å². The number of rotatable bonds is 7. The van der Waals surface area contributed by atoms with Crippen LogP contribution < -0.4 is 15.4 Å². The standard InChI is InChI=1S/C18H22N4O4/c1-25-15-4-2-3-13(9-15)12-22-7-6-19-18(24)16(22)10-17(23)20-11-14-5-8-26-21-14/h2-5,8-9,16H,6-7,10-12H2,1H3,(H,19,24)(H,20,23). The zero-order valence-electron chi connectivity index (χ0n) is 14.6. The molecule has 138 valence electrons. The summed E-state index contributed by atoms with van der Waals surface area (Å²) in [6.07, 6.45) is 1.54. The third kappa shape index (κ3) is 4.60. The summed E-state index contributed by atoms with van der Waals surface area (Å²) in [4.78, 5) is 26.6. The molecule has 2 aromatic rings. The normalized spacial score (nSPS) is 17.6. The van der Waals surface area contributed by atoms with Crippen LogP contribution in [0.25, 0.3) is 0 Å². The Kier molecular flexibility index (Phi) is 5.85. The van der Waals surface area contributed by atoms with Crippen molar-refractivity contribution in [1.82, 2.24) is 20.7 Å². The number of ether oxygens (including phenoxy) is 1. The molecule has 1 fully saturated rings. The van der Waals surface area contributed by atoms with Crippen LogP contribution in [0.2, 0.25) is 0 Å². The van der Waals surface area contributed by atoms with Crippen molar-refractivity contribution in [3.63, 3.8) is 0 Å². The second-order valence-electron chi connectivity index (χ2n) is 6.10. The number of amides is 2. The molecule has 0 radical (unpaired) electrons. The Morgan fingerprint density at radius 2 is 2.35 bits per heavy atom. The molecule has 2 heterocycles. The van der Waals surface area contributed by atoms with E-state index < -0.39 is 6.04 Å². The first-order chi connectivity index (χ1) is 12.7. The van der Waals surface area contributed by atoms with E-state index in [4.69, 9.17) is 9.26 Å². The van der Waals surface area contributed by atoms with Gasteiger partial charge in [0.05, 0.1) is 26.1 Å². The minimum absolute atomic E-state index is 0.0909. The number of methoxy groups -OCH3 is 1. The molecule has 26 heavy (non-hydrogen) atoms. The molecule has 0 saturated carbocycles. The number of piperazine rings is 1. The lowest BCUT2D eigenvalue weighted by atomic mass is 10.1. The van der Waals surface area contributed by atoms with E-state index in [1.54, 1.807) is 13.2 Å². The summed E-state index contributed by atoms with van der Waals surface area (Å²) in [7, 11) is 1.62. The smallest absolute Gasteiger partial charge is 0.237 e. The zero-order chi connectivity index (χ0) is 18.4. The summed E-state index contributed by atoms with van der Waals surface area (Å²) in [5.41, 5.74) is 1.67. The molecule has 3 rings (SSSR count). The molecule has 2 N–H and O–H groups in total. The summed E-state index contributed by atoms with van der Waals surface area (Å²) in [5.74, 6) is 0.437. The van der Waals surface area contributed by atoms with Gasteiger partial charge in [0, 0.05) is 25.7 Å². The molecule has 1 aliphatic heterocycles. The van der Waals surface area contributed by atoms with Gasteiger partial charge in [-0.25, -0.2) is 0 Å². The number of nitrogens with zero attached hydrogens (tertiary/aromatic N) is 2. The molecule has 1 aliphatic rings. The lowest BCUT2D eigenvalue weighted by Gasteiger charge is -2.34. The first-order valence-corrected chi connectivity index (χ1v) is 8.46. The number of carbonyl (C=O) groups excluding carboxylic acids is 2. The molecule has 1 atom stereocenters. The molecule has 0 bridgehead atoms. The lowest BCUT2D eigenvalue weighted by Crippen LogP contribution is -2.56. The van der Waals surface area contributed by atoms with Crippen LogP contribution in [0.15, 0.2) is 41.1 Å². The highest BCUT2D eigenvalue weighted by atomic mass is 16.5. The Morgan fingerprint density at radius 1 is 1.46 bits per heavy atom. The Labute approximate surface area is 151 Å². The third-order valence-electron chi connectivity index (χ3n) is 4.30. The van der Waals surface area contributed by atoms with Gasteiger partial charge in [0.25, 0.3) is 0 Å². The van der Waals surface area contributed by atoms with E-state index in [-0.39, 0.29) is 24.8 Å². The Balaban J connectivity index is 1.61. The van der Waals surface area contributed by atoms with Crippen molar-refractivity contribution in [2.75, 3.05) is 20.2 Å². The van der Waals surface area contributed by atoms with Crippen molar-refractivity contribution in [2.24, 2.45) is 0 Å². The fourth-order valence-corrected chi connectivity index (χ4v) is 2.94. The van der Waals surface area contributed by atoms with Crippen LogP contribution in [-0.4, -0.2) is 48.1 Å². The fourth-order valence-electron chi connectivity index (χ4n) is 2.94. The van der Waals surface area contributed by atoms with Crippen molar-refractivity contribution in [3.8, 4) is 5.75 Å². The first-order valence-electron chi connectivity index (χ1n) is 8.46. The van der Waals surface area contributed by atoms with E-state index in [0.29, 0.717) is 25.3 Å². The summed E-state index contributed by atoms with van der Waals surface area (Å²) >= 11 is 0. The number of nitrogens with one attached hydrogen (secondary N) is 2. The molecule has 2 amide bonds. The average Bonchev–Trinajstić information content (AvgIpc) is 3.17. The number of hydrogen-bond acceptors (Lipinski definition) is 6. The topological polar surface area (TPSA) is 96.7 Å². The highest BCUT2D eigenvalue weighted by Crippen LogP contribution is 2.18. The van der Waals surface area contributed by atoms with Crippen molar-refractivity contribution in [1.29, 1.82) is 0 Å². The minimum Gasteiger partial charge on any atom is -0.497 e. The van der Waals surface area contributed by atoms with Crippen molar-refractivity contribution < 1.29 is 18.8 Å². The van der Waals surface area contributed by atoms with E-state index >= 15 is 0 Å². The number of carbonyl (C=O) groups is 2. The fraction of sp³-hybridized carbons (Fsp3) is 0.389. The summed E-state index contributed by atoms with van der Waals surface area (Å²) < 4.78 is 9.98. The van der Waals surface area contributed by atoms with E-state index in [2.05, 4.69) is 15.8 Å². The maximum absolute atomic E-state index is 12.3. The molecule has 1 saturated heterocycles. The van der Waals surface area contributed by atoms with Crippen LogP contribution in [0.5, 0.6) is 5.75 Å². The average molecular weight is 358 g/mol. The predicted octanol–water partition coefficient (Wildman–Crippen LogP) is 0.690. The van der Waals surface area contributed by atoms with Gasteiger partial charge >= 0.3 is 0 Å². The Hall–Kier alpha value is -2.87. The third-order valence-corrected chi connectivity index (χ3v) is 4.30. The molecule has 1 aromatic carbocycles. The van der Waals surface area contributed by atoms with Gasteiger partial charge in [0.2, 0.25) is 11.8 Å². The van der Waals surface area contributed by atoms with E-state index in [1.807, 2.05) is 29.2 Å². The maximum atomic E-state index is 12.3. The van der Waals surface area contributed by atoms with Crippen molar-refractivity contribution in [3.05, 3.63) is 47.9 Å². The lowest BCUT2D eigenvalue weighted by molar-refractivity contribution is -0.134. The molecule has 0 aliphatic carbocycles. The van der Waals surface area contributed by atoms with Gasteiger partial charge in [-0.3, -0.25) is 14.5 Å². The second kappa shape index (κ2) is 8.48. The Bertz CT molecular complexity index is 747. The highest BCUT2D eigenvalue weighted by Gasteiger charge is 2.31. The van der Waals surface area contributed by atoms with Gasteiger partial charge < -0.3 is 19.9 Å². The summed E-state index contributed by atoms with van der Waals surface area (Å²) in [6.45, 7) is 2.11. The Morgan fingerprint density at radius 3 is 3.12 bits per heavy atom. The van der Waals surface area contributed by atoms with Crippen molar-refractivity contribution >= 4 is 11.8 Å². The van der Waals surface area contributed by atoms with E-state index in [1.165, 1.54) is 6.26 Å². The molecule has 8 heteroatoms. The van der Waals surface area contributed by atoms with Gasteiger partial charge in [0.15, 0.2) is 0 Å². The summed E-state index contributed by atoms with van der Waals surface area (Å²) in [6, 6.07) is 8.89. The molecular weight excluding hydrogens is 336 g/mol.